The first-order valence-corrected chi connectivity index (χ1v) is 6.06. The van der Waals surface area contributed by atoms with Gasteiger partial charge in [-0.25, -0.2) is 4.39 Å². The number of rotatable bonds is 5. The van der Waals surface area contributed by atoms with E-state index in [-0.39, 0.29) is 5.56 Å². The summed E-state index contributed by atoms with van der Waals surface area (Å²) in [5.41, 5.74) is 6.62. The number of amides is 1. The first kappa shape index (κ1) is 13.9. The van der Waals surface area contributed by atoms with Crippen LogP contribution in [0.4, 0.5) is 10.1 Å². The summed E-state index contributed by atoms with van der Waals surface area (Å²) in [6.07, 6.45) is 0. The Morgan fingerprint density at radius 1 is 1.30 bits per heavy atom. The van der Waals surface area contributed by atoms with Crippen LogP contribution in [0.15, 0.2) is 42.5 Å². The standard InChI is InChI=1S/C15H15FN2O2/c1-20-12-4-2-3-10(7-12)9-18-11-5-6-14(16)13(8-11)15(17)19/h2-8,18H,9H2,1H3,(H2,17,19). The maximum Gasteiger partial charge on any atom is 0.251 e. The summed E-state index contributed by atoms with van der Waals surface area (Å²) in [6, 6.07) is 11.7. The number of nitrogens with two attached hydrogens (primary N) is 1. The van der Waals surface area contributed by atoms with Crippen molar-refractivity contribution in [2.75, 3.05) is 12.4 Å². The van der Waals surface area contributed by atoms with Gasteiger partial charge in [0.2, 0.25) is 0 Å². The van der Waals surface area contributed by atoms with Crippen LogP contribution in [0.3, 0.4) is 0 Å². The maximum absolute atomic E-state index is 13.3. The van der Waals surface area contributed by atoms with E-state index in [2.05, 4.69) is 5.32 Å². The van der Waals surface area contributed by atoms with Crippen LogP contribution in [0.2, 0.25) is 0 Å². The molecule has 4 nitrogen and oxygen atoms in total. The van der Waals surface area contributed by atoms with Crippen molar-refractivity contribution >= 4 is 11.6 Å². The van der Waals surface area contributed by atoms with E-state index in [0.717, 1.165) is 11.3 Å². The van der Waals surface area contributed by atoms with Crippen molar-refractivity contribution in [1.29, 1.82) is 0 Å². The molecule has 20 heavy (non-hydrogen) atoms. The number of anilines is 1. The minimum atomic E-state index is -0.785. The Labute approximate surface area is 116 Å². The SMILES string of the molecule is COc1cccc(CNc2ccc(F)c(C(N)=O)c2)c1. The molecule has 1 amide bonds. The third kappa shape index (κ3) is 3.26. The minimum Gasteiger partial charge on any atom is -0.497 e. The van der Waals surface area contributed by atoms with E-state index in [1.165, 1.54) is 12.1 Å². The number of halogens is 1. The summed E-state index contributed by atoms with van der Waals surface area (Å²) in [6.45, 7) is 0.529. The molecule has 2 rings (SSSR count). The van der Waals surface area contributed by atoms with Gasteiger partial charge in [0, 0.05) is 12.2 Å². The topological polar surface area (TPSA) is 64.3 Å². The molecule has 0 aliphatic rings. The lowest BCUT2D eigenvalue weighted by Gasteiger charge is -2.09. The summed E-state index contributed by atoms with van der Waals surface area (Å²) >= 11 is 0. The fourth-order valence-electron chi connectivity index (χ4n) is 1.81. The number of methoxy groups -OCH3 is 1. The molecule has 0 saturated heterocycles. The van der Waals surface area contributed by atoms with Gasteiger partial charge in [0.15, 0.2) is 0 Å². The predicted octanol–water partition coefficient (Wildman–Crippen LogP) is 2.55. The van der Waals surface area contributed by atoms with Crippen LogP contribution >= 0.6 is 0 Å². The van der Waals surface area contributed by atoms with Crippen molar-refractivity contribution in [1.82, 2.24) is 0 Å². The van der Waals surface area contributed by atoms with Crippen LogP contribution in [0.5, 0.6) is 5.75 Å². The fraction of sp³-hybridized carbons (Fsp3) is 0.133. The number of hydrogen-bond acceptors (Lipinski definition) is 3. The van der Waals surface area contributed by atoms with E-state index >= 15 is 0 Å². The van der Waals surface area contributed by atoms with Crippen molar-refractivity contribution in [3.8, 4) is 5.75 Å². The molecule has 0 spiro atoms. The van der Waals surface area contributed by atoms with Crippen LogP contribution in [0, 0.1) is 5.82 Å². The summed E-state index contributed by atoms with van der Waals surface area (Å²) in [5, 5.41) is 3.10. The third-order valence-corrected chi connectivity index (χ3v) is 2.86. The Bertz CT molecular complexity index is 629. The third-order valence-electron chi connectivity index (χ3n) is 2.86. The fourth-order valence-corrected chi connectivity index (χ4v) is 1.81. The predicted molar refractivity (Wildman–Crippen MR) is 75.2 cm³/mol. The molecular formula is C15H15FN2O2. The van der Waals surface area contributed by atoms with Crippen LogP contribution in [0.1, 0.15) is 15.9 Å². The molecule has 0 unspecified atom stereocenters. The van der Waals surface area contributed by atoms with Crippen molar-refractivity contribution < 1.29 is 13.9 Å². The van der Waals surface area contributed by atoms with Gasteiger partial charge in [-0.2, -0.15) is 0 Å². The quantitative estimate of drug-likeness (QED) is 0.880. The Balaban J connectivity index is 2.10. The molecule has 0 saturated carbocycles. The molecule has 0 radical (unpaired) electrons. The van der Waals surface area contributed by atoms with Gasteiger partial charge in [0.25, 0.3) is 5.91 Å². The lowest BCUT2D eigenvalue weighted by molar-refractivity contribution is 0.0996. The zero-order chi connectivity index (χ0) is 14.5. The van der Waals surface area contributed by atoms with Crippen molar-refractivity contribution in [3.05, 3.63) is 59.4 Å². The Hall–Kier alpha value is -2.56. The molecule has 0 aliphatic carbocycles. The zero-order valence-corrected chi connectivity index (χ0v) is 11.0. The molecule has 0 atom stereocenters. The van der Waals surface area contributed by atoms with Crippen molar-refractivity contribution in [2.45, 2.75) is 6.54 Å². The van der Waals surface area contributed by atoms with Gasteiger partial charge >= 0.3 is 0 Å². The number of hydrogen-bond donors (Lipinski definition) is 2. The number of benzene rings is 2. The molecule has 2 aromatic rings. The molecule has 0 aromatic heterocycles. The lowest BCUT2D eigenvalue weighted by Crippen LogP contribution is -2.13. The average Bonchev–Trinajstić information content (AvgIpc) is 2.46. The first-order valence-electron chi connectivity index (χ1n) is 6.06. The number of primary amides is 1. The van der Waals surface area contributed by atoms with Crippen LogP contribution < -0.4 is 15.8 Å². The van der Waals surface area contributed by atoms with E-state index in [9.17, 15) is 9.18 Å². The second kappa shape index (κ2) is 6.06. The normalized spacial score (nSPS) is 10.1. The van der Waals surface area contributed by atoms with Crippen LogP contribution in [-0.2, 0) is 6.54 Å². The number of ether oxygens (including phenoxy) is 1. The second-order valence-electron chi connectivity index (χ2n) is 4.26. The zero-order valence-electron chi connectivity index (χ0n) is 11.0. The smallest absolute Gasteiger partial charge is 0.251 e. The van der Waals surface area contributed by atoms with Crippen LogP contribution in [0.25, 0.3) is 0 Å². The molecule has 0 aliphatic heterocycles. The highest BCUT2D eigenvalue weighted by molar-refractivity contribution is 5.94. The van der Waals surface area contributed by atoms with Crippen molar-refractivity contribution in [2.24, 2.45) is 5.73 Å². The van der Waals surface area contributed by atoms with E-state index < -0.39 is 11.7 Å². The Morgan fingerprint density at radius 2 is 2.10 bits per heavy atom. The molecule has 2 aromatic carbocycles. The summed E-state index contributed by atoms with van der Waals surface area (Å²) in [7, 11) is 1.60. The van der Waals surface area contributed by atoms with Crippen LogP contribution in [-0.4, -0.2) is 13.0 Å². The molecule has 0 bridgehead atoms. The van der Waals surface area contributed by atoms with E-state index in [1.54, 1.807) is 13.2 Å². The van der Waals surface area contributed by atoms with Gasteiger partial charge in [-0.15, -0.1) is 0 Å². The molecule has 104 valence electrons. The first-order chi connectivity index (χ1) is 9.60. The van der Waals surface area contributed by atoms with Gasteiger partial charge in [0.1, 0.15) is 11.6 Å². The summed E-state index contributed by atoms with van der Waals surface area (Å²) in [5.74, 6) is -0.641. The summed E-state index contributed by atoms with van der Waals surface area (Å²) < 4.78 is 18.5. The average molecular weight is 274 g/mol. The Kier molecular flexibility index (Phi) is 4.20. The highest BCUT2D eigenvalue weighted by Gasteiger charge is 2.08. The number of carbonyl (C=O) groups excluding carboxylic acids is 1. The van der Waals surface area contributed by atoms with Gasteiger partial charge in [-0.05, 0) is 35.9 Å². The molecule has 0 fully saturated rings. The summed E-state index contributed by atoms with van der Waals surface area (Å²) in [4.78, 5) is 11.1. The van der Waals surface area contributed by atoms with E-state index in [4.69, 9.17) is 10.5 Å². The highest BCUT2D eigenvalue weighted by atomic mass is 19.1. The number of nitrogens with one attached hydrogen (secondary N) is 1. The maximum atomic E-state index is 13.3. The van der Waals surface area contributed by atoms with E-state index in [1.807, 2.05) is 24.3 Å². The van der Waals surface area contributed by atoms with Gasteiger partial charge in [-0.1, -0.05) is 12.1 Å². The van der Waals surface area contributed by atoms with Gasteiger partial charge < -0.3 is 15.8 Å². The molecule has 5 heteroatoms. The largest absolute Gasteiger partial charge is 0.497 e. The number of carbonyl (C=O) groups is 1. The lowest BCUT2D eigenvalue weighted by atomic mass is 10.1. The molecule has 3 N–H and O–H groups in total. The van der Waals surface area contributed by atoms with Crippen molar-refractivity contribution in [3.63, 3.8) is 0 Å². The molecule has 0 heterocycles. The monoisotopic (exact) mass is 274 g/mol. The van der Waals surface area contributed by atoms with E-state index in [0.29, 0.717) is 12.2 Å². The van der Waals surface area contributed by atoms with Gasteiger partial charge in [0.05, 0.1) is 12.7 Å². The minimum absolute atomic E-state index is 0.124. The van der Waals surface area contributed by atoms with Gasteiger partial charge in [-0.3, -0.25) is 4.79 Å². The highest BCUT2D eigenvalue weighted by Crippen LogP contribution is 2.17. The molecular weight excluding hydrogens is 259 g/mol. The second-order valence-corrected chi connectivity index (χ2v) is 4.26. The Morgan fingerprint density at radius 3 is 2.80 bits per heavy atom.